The van der Waals surface area contributed by atoms with Gasteiger partial charge in [-0.25, -0.2) is 0 Å². The van der Waals surface area contributed by atoms with E-state index in [2.05, 4.69) is 15.9 Å². The van der Waals surface area contributed by atoms with Crippen LogP contribution in [0.3, 0.4) is 0 Å². The second-order valence-corrected chi connectivity index (χ2v) is 3.43. The van der Waals surface area contributed by atoms with Crippen LogP contribution in [0, 0.1) is 0 Å². The molecule has 0 N–H and O–H groups in total. The molecule has 0 unspecified atom stereocenters. The summed E-state index contributed by atoms with van der Waals surface area (Å²) in [6, 6.07) is 9.83. The lowest BCUT2D eigenvalue weighted by Crippen LogP contribution is -1.90. The summed E-state index contributed by atoms with van der Waals surface area (Å²) >= 11 is 2.95. The molecule has 13 heavy (non-hydrogen) atoms. The highest BCUT2D eigenvalue weighted by molar-refractivity contribution is 9.18. The zero-order chi connectivity index (χ0) is 9.68. The minimum absolute atomic E-state index is 0.0288. The van der Waals surface area contributed by atoms with Crippen molar-refractivity contribution in [3.05, 3.63) is 41.5 Å². The van der Waals surface area contributed by atoms with Gasteiger partial charge in [-0.15, -0.1) is 0 Å². The summed E-state index contributed by atoms with van der Waals surface area (Å²) in [6.45, 7) is 1.97. The molecule has 0 amide bonds. The van der Waals surface area contributed by atoms with Crippen molar-refractivity contribution in [3.63, 3.8) is 0 Å². The molecule has 2 heteroatoms. The first kappa shape index (κ1) is 10.2. The van der Waals surface area contributed by atoms with E-state index in [4.69, 9.17) is 0 Å². The van der Waals surface area contributed by atoms with Gasteiger partial charge in [0.1, 0.15) is 0 Å². The Balaban J connectivity index is 2.92. The van der Waals surface area contributed by atoms with Gasteiger partial charge in [-0.05, 0) is 34.0 Å². The van der Waals surface area contributed by atoms with Crippen molar-refractivity contribution in [2.45, 2.75) is 13.3 Å². The van der Waals surface area contributed by atoms with Crippen molar-refractivity contribution in [1.29, 1.82) is 0 Å². The van der Waals surface area contributed by atoms with Gasteiger partial charge in [0.25, 0.3) is 0 Å². The van der Waals surface area contributed by atoms with E-state index in [-0.39, 0.29) is 4.69 Å². The number of rotatable bonds is 3. The van der Waals surface area contributed by atoms with Gasteiger partial charge >= 0.3 is 0 Å². The third-order valence-electron chi connectivity index (χ3n) is 1.77. The van der Waals surface area contributed by atoms with Crippen molar-refractivity contribution >= 4 is 26.7 Å². The molecule has 0 spiro atoms. The molecule has 1 aromatic carbocycles. The smallest absolute Gasteiger partial charge is 0.224 e. The maximum absolute atomic E-state index is 11.0. The van der Waals surface area contributed by atoms with Gasteiger partial charge in [0.05, 0.1) is 0 Å². The summed E-state index contributed by atoms with van der Waals surface area (Å²) < 4.78 is -0.0288. The van der Waals surface area contributed by atoms with E-state index in [0.29, 0.717) is 0 Å². The van der Waals surface area contributed by atoms with Crippen LogP contribution < -0.4 is 0 Å². The number of hydrogen-bond donors (Lipinski definition) is 0. The van der Waals surface area contributed by atoms with E-state index in [1.807, 2.05) is 43.3 Å². The molecule has 0 aliphatic rings. The van der Waals surface area contributed by atoms with Crippen LogP contribution in [-0.4, -0.2) is 4.69 Å². The molecule has 0 bridgehead atoms. The van der Waals surface area contributed by atoms with Crippen molar-refractivity contribution in [3.8, 4) is 0 Å². The van der Waals surface area contributed by atoms with Gasteiger partial charge in [-0.3, -0.25) is 4.79 Å². The van der Waals surface area contributed by atoms with Gasteiger partial charge < -0.3 is 0 Å². The van der Waals surface area contributed by atoms with Gasteiger partial charge in [0, 0.05) is 5.57 Å². The van der Waals surface area contributed by atoms with Crippen molar-refractivity contribution in [2.24, 2.45) is 0 Å². The monoisotopic (exact) mass is 238 g/mol. The van der Waals surface area contributed by atoms with Crippen LogP contribution in [0.5, 0.6) is 0 Å². The zero-order valence-corrected chi connectivity index (χ0v) is 9.04. The van der Waals surface area contributed by atoms with Crippen LogP contribution in [-0.2, 0) is 4.79 Å². The number of benzene rings is 1. The average Bonchev–Trinajstić information content (AvgIpc) is 2.15. The summed E-state index contributed by atoms with van der Waals surface area (Å²) in [5, 5.41) is 0. The van der Waals surface area contributed by atoms with Gasteiger partial charge in [-0.2, -0.15) is 0 Å². The van der Waals surface area contributed by atoms with Crippen molar-refractivity contribution in [2.75, 3.05) is 0 Å². The SMILES string of the molecule is CCC(=Cc1ccccc1)C(=O)Br. The molecular weight excluding hydrogens is 228 g/mol. The topological polar surface area (TPSA) is 17.1 Å². The Morgan fingerprint density at radius 2 is 2.00 bits per heavy atom. The summed E-state index contributed by atoms with van der Waals surface area (Å²) in [5.41, 5.74) is 1.86. The average molecular weight is 239 g/mol. The third-order valence-corrected chi connectivity index (χ3v) is 2.28. The van der Waals surface area contributed by atoms with E-state index >= 15 is 0 Å². The molecule has 1 aromatic rings. The van der Waals surface area contributed by atoms with E-state index < -0.39 is 0 Å². The molecule has 0 atom stereocenters. The Labute approximate surface area is 86.6 Å². The molecule has 68 valence electrons. The maximum atomic E-state index is 11.0. The number of carbonyl (C=O) groups is 1. The van der Waals surface area contributed by atoms with Crippen LogP contribution >= 0.6 is 15.9 Å². The lowest BCUT2D eigenvalue weighted by atomic mass is 10.1. The molecule has 0 aliphatic carbocycles. The number of hydrogen-bond acceptors (Lipinski definition) is 1. The fraction of sp³-hybridized carbons (Fsp3) is 0.182. The van der Waals surface area contributed by atoms with Crippen molar-refractivity contribution < 1.29 is 4.79 Å². The molecule has 0 aromatic heterocycles. The largest absolute Gasteiger partial charge is 0.281 e. The van der Waals surface area contributed by atoms with E-state index in [0.717, 1.165) is 17.6 Å². The molecule has 1 nitrogen and oxygen atoms in total. The lowest BCUT2D eigenvalue weighted by molar-refractivity contribution is -0.107. The van der Waals surface area contributed by atoms with Gasteiger partial charge in [-0.1, -0.05) is 37.3 Å². The molecule has 0 radical (unpaired) electrons. The van der Waals surface area contributed by atoms with Crippen LogP contribution in [0.15, 0.2) is 35.9 Å². The molecule has 0 fully saturated rings. The zero-order valence-electron chi connectivity index (χ0n) is 7.46. The minimum Gasteiger partial charge on any atom is -0.281 e. The second-order valence-electron chi connectivity index (χ2n) is 2.71. The lowest BCUT2D eigenvalue weighted by Gasteiger charge is -1.97. The fourth-order valence-electron chi connectivity index (χ4n) is 1.05. The van der Waals surface area contributed by atoms with E-state index in [1.165, 1.54) is 0 Å². The Kier molecular flexibility index (Phi) is 3.90. The summed E-state index contributed by atoms with van der Waals surface area (Å²) in [6.07, 6.45) is 2.65. The first-order chi connectivity index (χ1) is 6.24. The van der Waals surface area contributed by atoms with Crippen LogP contribution in [0.2, 0.25) is 0 Å². The standard InChI is InChI=1S/C11H11BrO/c1-2-10(11(12)13)8-9-6-4-3-5-7-9/h3-8H,2H2,1H3. The predicted molar refractivity (Wildman–Crippen MR) is 58.6 cm³/mol. The Hall–Kier alpha value is -0.890. The molecule has 0 aliphatic heterocycles. The highest BCUT2D eigenvalue weighted by Crippen LogP contribution is 2.12. The molecule has 1 rings (SSSR count). The van der Waals surface area contributed by atoms with Crippen molar-refractivity contribution in [1.82, 2.24) is 0 Å². The number of carbonyl (C=O) groups excluding carboxylic acids is 1. The first-order valence-corrected chi connectivity index (χ1v) is 4.98. The highest BCUT2D eigenvalue weighted by atomic mass is 79.9. The van der Waals surface area contributed by atoms with E-state index in [1.54, 1.807) is 0 Å². The van der Waals surface area contributed by atoms with E-state index in [9.17, 15) is 4.79 Å². The fourth-order valence-corrected chi connectivity index (χ4v) is 1.44. The second kappa shape index (κ2) is 4.97. The van der Waals surface area contributed by atoms with Crippen LogP contribution in [0.25, 0.3) is 6.08 Å². The Morgan fingerprint density at radius 3 is 2.46 bits per heavy atom. The minimum atomic E-state index is -0.0288. The van der Waals surface area contributed by atoms with Crippen LogP contribution in [0.1, 0.15) is 18.9 Å². The number of allylic oxidation sites excluding steroid dienone is 1. The first-order valence-electron chi connectivity index (χ1n) is 4.19. The molecular formula is C11H11BrO. The normalized spacial score (nSPS) is 11.4. The summed E-state index contributed by atoms with van der Waals surface area (Å²) in [4.78, 5) is 11.0. The number of halogens is 1. The Bertz CT molecular complexity index is 314. The van der Waals surface area contributed by atoms with Gasteiger partial charge in [0.15, 0.2) is 0 Å². The van der Waals surface area contributed by atoms with Gasteiger partial charge in [0.2, 0.25) is 4.69 Å². The summed E-state index contributed by atoms with van der Waals surface area (Å²) in [7, 11) is 0. The Morgan fingerprint density at radius 1 is 1.38 bits per heavy atom. The quantitative estimate of drug-likeness (QED) is 0.583. The molecule has 0 saturated heterocycles. The molecule has 0 saturated carbocycles. The summed E-state index contributed by atoms with van der Waals surface area (Å²) in [5.74, 6) is 0. The van der Waals surface area contributed by atoms with Crippen LogP contribution in [0.4, 0.5) is 0 Å². The third kappa shape index (κ3) is 3.15. The molecule has 0 heterocycles. The predicted octanol–water partition coefficient (Wildman–Crippen LogP) is 3.40. The maximum Gasteiger partial charge on any atom is 0.224 e. The highest BCUT2D eigenvalue weighted by Gasteiger charge is 2.01.